The molecule has 1 aliphatic carbocycles. The molecule has 0 bridgehead atoms. The second-order valence-electron chi connectivity index (χ2n) is 5.55. The van der Waals surface area contributed by atoms with Crippen LogP contribution in [-0.4, -0.2) is 60.1 Å². The number of piperazine rings is 1. The fourth-order valence-corrected chi connectivity index (χ4v) is 2.25. The number of carbonyl (C=O) groups is 1. The molecule has 1 aliphatic heterocycles. The van der Waals surface area contributed by atoms with Gasteiger partial charge in [-0.05, 0) is 32.0 Å². The zero-order valence-corrected chi connectivity index (χ0v) is 11.8. The number of hydrazine groups is 1. The lowest BCUT2D eigenvalue weighted by Gasteiger charge is -2.32. The third-order valence-corrected chi connectivity index (χ3v) is 3.73. The number of aromatic nitrogens is 1. The summed E-state index contributed by atoms with van der Waals surface area (Å²) < 4.78 is 0. The second kappa shape index (κ2) is 5.76. The van der Waals surface area contributed by atoms with Crippen LogP contribution in [-0.2, 0) is 0 Å². The van der Waals surface area contributed by atoms with E-state index >= 15 is 0 Å². The van der Waals surface area contributed by atoms with Crippen molar-refractivity contribution in [1.29, 1.82) is 0 Å². The van der Waals surface area contributed by atoms with Crippen molar-refractivity contribution in [2.24, 2.45) is 0 Å². The lowest BCUT2D eigenvalue weighted by atomic mass is 10.2. The van der Waals surface area contributed by atoms with Gasteiger partial charge in [0.2, 0.25) is 0 Å². The lowest BCUT2D eigenvalue weighted by Crippen LogP contribution is -2.52. The summed E-state index contributed by atoms with van der Waals surface area (Å²) in [5.41, 5.74) is 3.60. The van der Waals surface area contributed by atoms with Gasteiger partial charge in [0.15, 0.2) is 0 Å². The summed E-state index contributed by atoms with van der Waals surface area (Å²) in [7, 11) is 2.10. The molecule has 20 heavy (non-hydrogen) atoms. The maximum atomic E-state index is 12.4. The quantitative estimate of drug-likeness (QED) is 0.840. The number of likely N-dealkylation sites (N-methyl/N-ethyl adjacent to an activating group) is 1. The number of nitrogens with zero attached hydrogens (tertiary/aromatic N) is 3. The van der Waals surface area contributed by atoms with E-state index in [1.54, 1.807) is 12.3 Å². The van der Waals surface area contributed by atoms with Crippen LogP contribution in [0.5, 0.6) is 0 Å². The average molecular weight is 275 g/mol. The van der Waals surface area contributed by atoms with Gasteiger partial charge in [-0.2, -0.15) is 0 Å². The third kappa shape index (κ3) is 3.26. The van der Waals surface area contributed by atoms with Gasteiger partial charge in [-0.25, -0.2) is 9.99 Å². The minimum atomic E-state index is -0.0780. The SMILES string of the molecule is CN1CCN(NC(=O)c2cccnc2NC2CC2)CC1. The standard InChI is InChI=1S/C14H21N5O/c1-18-7-9-19(10-8-18)17-14(20)12-3-2-6-15-13(12)16-11-4-5-11/h2-3,6,11H,4-5,7-10H2,1H3,(H,15,16)(H,17,20). The first-order valence-corrected chi connectivity index (χ1v) is 7.18. The topological polar surface area (TPSA) is 60.5 Å². The highest BCUT2D eigenvalue weighted by atomic mass is 16.2. The van der Waals surface area contributed by atoms with Crippen molar-refractivity contribution in [1.82, 2.24) is 20.3 Å². The Kier molecular flexibility index (Phi) is 3.84. The summed E-state index contributed by atoms with van der Waals surface area (Å²) in [4.78, 5) is 18.9. The largest absolute Gasteiger partial charge is 0.367 e. The van der Waals surface area contributed by atoms with Crippen LogP contribution in [0.4, 0.5) is 5.82 Å². The Labute approximate surface area is 119 Å². The van der Waals surface area contributed by atoms with Crippen molar-refractivity contribution in [2.75, 3.05) is 38.5 Å². The molecule has 1 aromatic heterocycles. The molecule has 3 rings (SSSR count). The number of hydrogen-bond donors (Lipinski definition) is 2. The van der Waals surface area contributed by atoms with Gasteiger partial charge in [-0.3, -0.25) is 10.2 Å². The molecule has 2 aliphatic rings. The molecule has 1 amide bonds. The van der Waals surface area contributed by atoms with Crippen LogP contribution in [0.15, 0.2) is 18.3 Å². The molecule has 2 heterocycles. The Morgan fingerprint density at radius 3 is 2.75 bits per heavy atom. The maximum absolute atomic E-state index is 12.4. The Morgan fingerprint density at radius 2 is 2.05 bits per heavy atom. The van der Waals surface area contributed by atoms with Crippen LogP contribution >= 0.6 is 0 Å². The molecular formula is C14H21N5O. The Hall–Kier alpha value is -1.66. The summed E-state index contributed by atoms with van der Waals surface area (Å²) in [5.74, 6) is 0.618. The first-order chi connectivity index (χ1) is 9.72. The normalized spacial score (nSPS) is 20.6. The van der Waals surface area contributed by atoms with Gasteiger partial charge in [0, 0.05) is 38.4 Å². The van der Waals surface area contributed by atoms with Gasteiger partial charge in [-0.15, -0.1) is 0 Å². The molecule has 1 aromatic rings. The molecule has 2 fully saturated rings. The minimum absolute atomic E-state index is 0.0780. The fourth-order valence-electron chi connectivity index (χ4n) is 2.25. The van der Waals surface area contributed by atoms with Crippen LogP contribution < -0.4 is 10.7 Å². The molecule has 1 saturated heterocycles. The summed E-state index contributed by atoms with van der Waals surface area (Å²) >= 11 is 0. The molecule has 0 unspecified atom stereocenters. The van der Waals surface area contributed by atoms with Gasteiger partial charge in [0.05, 0.1) is 5.56 Å². The van der Waals surface area contributed by atoms with E-state index in [-0.39, 0.29) is 5.91 Å². The predicted molar refractivity (Wildman–Crippen MR) is 77.4 cm³/mol. The van der Waals surface area contributed by atoms with Crippen LogP contribution in [0.1, 0.15) is 23.2 Å². The highest BCUT2D eigenvalue weighted by molar-refractivity contribution is 5.98. The number of carbonyl (C=O) groups excluding carboxylic acids is 1. The molecule has 6 nitrogen and oxygen atoms in total. The Balaban J connectivity index is 1.64. The molecule has 6 heteroatoms. The summed E-state index contributed by atoms with van der Waals surface area (Å²) in [5, 5.41) is 5.29. The molecule has 0 spiro atoms. The summed E-state index contributed by atoms with van der Waals surface area (Å²) in [6.07, 6.45) is 4.05. The monoisotopic (exact) mass is 275 g/mol. The zero-order valence-electron chi connectivity index (χ0n) is 11.8. The molecule has 0 atom stereocenters. The number of rotatable bonds is 4. The summed E-state index contributed by atoms with van der Waals surface area (Å²) in [6.45, 7) is 3.66. The van der Waals surface area contributed by atoms with E-state index in [0.717, 1.165) is 39.0 Å². The zero-order chi connectivity index (χ0) is 13.9. The van der Waals surface area contributed by atoms with Crippen molar-refractivity contribution >= 4 is 11.7 Å². The number of pyridine rings is 1. The second-order valence-corrected chi connectivity index (χ2v) is 5.55. The van der Waals surface area contributed by atoms with Crippen molar-refractivity contribution < 1.29 is 4.79 Å². The molecule has 0 aromatic carbocycles. The van der Waals surface area contributed by atoms with Crippen molar-refractivity contribution in [3.63, 3.8) is 0 Å². The van der Waals surface area contributed by atoms with Gasteiger partial charge < -0.3 is 10.2 Å². The lowest BCUT2D eigenvalue weighted by molar-refractivity contribution is 0.0663. The highest BCUT2D eigenvalue weighted by Gasteiger charge is 2.24. The first kappa shape index (κ1) is 13.3. The van der Waals surface area contributed by atoms with Crippen LogP contribution in [0.3, 0.4) is 0 Å². The van der Waals surface area contributed by atoms with E-state index in [1.165, 1.54) is 0 Å². The molecule has 0 radical (unpaired) electrons. The third-order valence-electron chi connectivity index (χ3n) is 3.73. The molecule has 1 saturated carbocycles. The van der Waals surface area contributed by atoms with E-state index in [9.17, 15) is 4.79 Å². The fraction of sp³-hybridized carbons (Fsp3) is 0.571. The predicted octanol–water partition coefficient (Wildman–Crippen LogP) is 0.548. The van der Waals surface area contributed by atoms with Gasteiger partial charge in [0.1, 0.15) is 5.82 Å². The maximum Gasteiger partial charge on any atom is 0.269 e. The van der Waals surface area contributed by atoms with E-state index in [2.05, 4.69) is 27.7 Å². The van der Waals surface area contributed by atoms with Crippen molar-refractivity contribution in [3.8, 4) is 0 Å². The molecular weight excluding hydrogens is 254 g/mol. The van der Waals surface area contributed by atoms with Crippen LogP contribution in [0.2, 0.25) is 0 Å². The van der Waals surface area contributed by atoms with Crippen molar-refractivity contribution in [3.05, 3.63) is 23.9 Å². The Bertz CT molecular complexity index is 480. The van der Waals surface area contributed by atoms with Gasteiger partial charge in [0.25, 0.3) is 5.91 Å². The smallest absolute Gasteiger partial charge is 0.269 e. The van der Waals surface area contributed by atoms with E-state index < -0.39 is 0 Å². The summed E-state index contributed by atoms with van der Waals surface area (Å²) in [6, 6.07) is 4.11. The van der Waals surface area contributed by atoms with Crippen LogP contribution in [0, 0.1) is 0 Å². The van der Waals surface area contributed by atoms with E-state index in [4.69, 9.17) is 0 Å². The van der Waals surface area contributed by atoms with E-state index in [0.29, 0.717) is 17.4 Å². The number of hydrogen-bond acceptors (Lipinski definition) is 5. The number of amides is 1. The van der Waals surface area contributed by atoms with Crippen molar-refractivity contribution in [2.45, 2.75) is 18.9 Å². The van der Waals surface area contributed by atoms with Crippen LogP contribution in [0.25, 0.3) is 0 Å². The van der Waals surface area contributed by atoms with Gasteiger partial charge in [-0.1, -0.05) is 0 Å². The molecule has 2 N–H and O–H groups in total. The van der Waals surface area contributed by atoms with Gasteiger partial charge >= 0.3 is 0 Å². The Morgan fingerprint density at radius 1 is 1.30 bits per heavy atom. The highest BCUT2D eigenvalue weighted by Crippen LogP contribution is 2.25. The minimum Gasteiger partial charge on any atom is -0.367 e. The number of anilines is 1. The number of nitrogens with one attached hydrogen (secondary N) is 2. The average Bonchev–Trinajstić information content (AvgIpc) is 3.26. The molecule has 108 valence electrons. The van der Waals surface area contributed by atoms with E-state index in [1.807, 2.05) is 11.1 Å². The first-order valence-electron chi connectivity index (χ1n) is 7.18.